The molecule has 0 saturated carbocycles. The van der Waals surface area contributed by atoms with Crippen LogP contribution in [0.15, 0.2) is 65.1 Å². The minimum Gasteiger partial charge on any atom is -0.459 e. The van der Waals surface area contributed by atoms with Crippen molar-refractivity contribution in [3.05, 3.63) is 72.0 Å². The number of carbonyl (C=O) groups excluding carboxylic acids is 2. The molecule has 3 rings (SSSR count). The molecule has 2 aromatic carbocycles. The molecule has 0 atom stereocenters. The van der Waals surface area contributed by atoms with Gasteiger partial charge >= 0.3 is 5.97 Å². The Hall–Kier alpha value is -3.08. The molecule has 0 radical (unpaired) electrons. The van der Waals surface area contributed by atoms with Crippen molar-refractivity contribution < 1.29 is 18.7 Å². The number of hydrogen-bond acceptors (Lipinski definition) is 4. The van der Waals surface area contributed by atoms with E-state index in [0.717, 1.165) is 23.8 Å². The lowest BCUT2D eigenvalue weighted by Crippen LogP contribution is -2.55. The number of ether oxygens (including phenoxy) is 1. The van der Waals surface area contributed by atoms with E-state index in [0.29, 0.717) is 18.4 Å². The van der Waals surface area contributed by atoms with E-state index < -0.39 is 17.4 Å². The number of amides is 1. The highest BCUT2D eigenvalue weighted by molar-refractivity contribution is 5.99. The summed E-state index contributed by atoms with van der Waals surface area (Å²) >= 11 is 0. The second-order valence-corrected chi connectivity index (χ2v) is 7.25. The zero-order chi connectivity index (χ0) is 20.7. The first-order valence-electron chi connectivity index (χ1n) is 10.1. The first-order chi connectivity index (χ1) is 14.1. The van der Waals surface area contributed by atoms with Crippen LogP contribution in [0.2, 0.25) is 0 Å². The lowest BCUT2D eigenvalue weighted by Gasteiger charge is -2.32. The van der Waals surface area contributed by atoms with Crippen molar-refractivity contribution >= 4 is 22.8 Å². The van der Waals surface area contributed by atoms with Crippen molar-refractivity contribution in [1.82, 2.24) is 5.32 Å². The largest absolute Gasteiger partial charge is 0.459 e. The van der Waals surface area contributed by atoms with E-state index in [1.165, 1.54) is 0 Å². The van der Waals surface area contributed by atoms with E-state index in [1.807, 2.05) is 68.4 Å². The summed E-state index contributed by atoms with van der Waals surface area (Å²) in [5.41, 5.74) is 0.473. The molecule has 152 valence electrons. The highest BCUT2D eigenvalue weighted by atomic mass is 16.5. The Bertz CT molecular complexity index is 922. The van der Waals surface area contributed by atoms with Gasteiger partial charge in [0.25, 0.3) is 5.91 Å². The molecule has 29 heavy (non-hydrogen) atoms. The van der Waals surface area contributed by atoms with Crippen LogP contribution in [0.3, 0.4) is 0 Å². The summed E-state index contributed by atoms with van der Waals surface area (Å²) in [7, 11) is 0. The summed E-state index contributed by atoms with van der Waals surface area (Å²) in [4.78, 5) is 26.0. The molecule has 0 aliphatic heterocycles. The molecule has 1 amide bonds. The van der Waals surface area contributed by atoms with E-state index in [-0.39, 0.29) is 12.4 Å². The number of carbonyl (C=O) groups is 2. The molecule has 0 unspecified atom stereocenters. The molecule has 0 aliphatic rings. The minimum absolute atomic E-state index is 0.176. The van der Waals surface area contributed by atoms with Crippen molar-refractivity contribution in [2.75, 3.05) is 0 Å². The molecule has 5 nitrogen and oxygen atoms in total. The van der Waals surface area contributed by atoms with Crippen LogP contribution >= 0.6 is 0 Å². The standard InChI is InChI=1S/C24H27NO4/c1-3-14-24(15-4-2,23(27)28-17-18-10-6-5-7-11-18)25-22(26)21-16-19-12-8-9-13-20(19)29-21/h5-13,16H,3-4,14-15,17H2,1-2H3,(H,25,26). The molecule has 1 heterocycles. The van der Waals surface area contributed by atoms with Gasteiger partial charge in [-0.3, -0.25) is 4.79 Å². The van der Waals surface area contributed by atoms with Gasteiger partial charge in [-0.15, -0.1) is 0 Å². The first-order valence-corrected chi connectivity index (χ1v) is 10.1. The van der Waals surface area contributed by atoms with E-state index in [4.69, 9.17) is 9.15 Å². The van der Waals surface area contributed by atoms with Crippen LogP contribution in [0.5, 0.6) is 0 Å². The van der Waals surface area contributed by atoms with Crippen LogP contribution in [0, 0.1) is 0 Å². The van der Waals surface area contributed by atoms with Crippen molar-refractivity contribution in [3.63, 3.8) is 0 Å². The Morgan fingerprint density at radius 1 is 0.966 bits per heavy atom. The summed E-state index contributed by atoms with van der Waals surface area (Å²) in [6.45, 7) is 4.15. The number of hydrogen-bond donors (Lipinski definition) is 1. The summed E-state index contributed by atoms with van der Waals surface area (Å²) in [6.07, 6.45) is 2.47. The lowest BCUT2D eigenvalue weighted by atomic mass is 9.88. The third kappa shape index (κ3) is 4.86. The molecule has 1 N–H and O–H groups in total. The highest BCUT2D eigenvalue weighted by Gasteiger charge is 2.40. The summed E-state index contributed by atoms with van der Waals surface area (Å²) in [6, 6.07) is 18.7. The van der Waals surface area contributed by atoms with Crippen molar-refractivity contribution in [1.29, 1.82) is 0 Å². The van der Waals surface area contributed by atoms with E-state index in [2.05, 4.69) is 5.32 Å². The van der Waals surface area contributed by atoms with Crippen LogP contribution in [-0.2, 0) is 16.1 Å². The van der Waals surface area contributed by atoms with Gasteiger partial charge in [-0.2, -0.15) is 0 Å². The predicted molar refractivity (Wildman–Crippen MR) is 112 cm³/mol. The Kier molecular flexibility index (Phi) is 6.70. The summed E-state index contributed by atoms with van der Waals surface area (Å²) < 4.78 is 11.3. The van der Waals surface area contributed by atoms with Crippen molar-refractivity contribution in [2.24, 2.45) is 0 Å². The average Bonchev–Trinajstić information content (AvgIpc) is 3.17. The maximum absolute atomic E-state index is 13.1. The van der Waals surface area contributed by atoms with Crippen LogP contribution < -0.4 is 5.32 Å². The second-order valence-electron chi connectivity index (χ2n) is 7.25. The topological polar surface area (TPSA) is 68.5 Å². The van der Waals surface area contributed by atoms with Gasteiger partial charge in [-0.1, -0.05) is 75.2 Å². The maximum atomic E-state index is 13.1. The van der Waals surface area contributed by atoms with Crippen molar-refractivity contribution in [2.45, 2.75) is 51.7 Å². The fraction of sp³-hybridized carbons (Fsp3) is 0.333. The SMILES string of the molecule is CCCC(CCC)(NC(=O)c1cc2ccccc2o1)C(=O)OCc1ccccc1. The third-order valence-electron chi connectivity index (χ3n) is 4.96. The van der Waals surface area contributed by atoms with E-state index in [1.54, 1.807) is 6.07 Å². The quantitative estimate of drug-likeness (QED) is 0.505. The average molecular weight is 393 g/mol. The normalized spacial score (nSPS) is 11.4. The van der Waals surface area contributed by atoms with E-state index in [9.17, 15) is 9.59 Å². The fourth-order valence-electron chi connectivity index (χ4n) is 3.59. The smallest absolute Gasteiger partial charge is 0.332 e. The van der Waals surface area contributed by atoms with Gasteiger partial charge < -0.3 is 14.5 Å². The molecular formula is C24H27NO4. The van der Waals surface area contributed by atoms with Gasteiger partial charge in [-0.25, -0.2) is 4.79 Å². The maximum Gasteiger partial charge on any atom is 0.332 e. The fourth-order valence-corrected chi connectivity index (χ4v) is 3.59. The Labute approximate surface area is 171 Å². The molecule has 1 aromatic heterocycles. The molecule has 0 spiro atoms. The number of para-hydroxylation sites is 1. The number of rotatable bonds is 9. The molecule has 5 heteroatoms. The zero-order valence-electron chi connectivity index (χ0n) is 16.9. The number of benzene rings is 2. The molecule has 0 saturated heterocycles. The molecule has 0 fully saturated rings. The van der Waals surface area contributed by atoms with Gasteiger partial charge in [0.05, 0.1) is 0 Å². The summed E-state index contributed by atoms with van der Waals surface area (Å²) in [5, 5.41) is 3.79. The van der Waals surface area contributed by atoms with Gasteiger partial charge in [0.15, 0.2) is 5.76 Å². The number of nitrogens with one attached hydrogen (secondary N) is 1. The number of esters is 1. The highest BCUT2D eigenvalue weighted by Crippen LogP contribution is 2.25. The Morgan fingerprint density at radius 2 is 1.62 bits per heavy atom. The second kappa shape index (κ2) is 9.41. The summed E-state index contributed by atoms with van der Waals surface area (Å²) in [5.74, 6) is -0.618. The third-order valence-corrected chi connectivity index (χ3v) is 4.96. The van der Waals surface area contributed by atoms with Gasteiger partial charge in [0.1, 0.15) is 17.7 Å². The van der Waals surface area contributed by atoms with Crippen LogP contribution in [0.1, 0.15) is 55.6 Å². The monoisotopic (exact) mass is 393 g/mol. The van der Waals surface area contributed by atoms with Crippen LogP contribution in [0.4, 0.5) is 0 Å². The minimum atomic E-state index is -1.08. The van der Waals surface area contributed by atoms with Gasteiger partial charge in [0, 0.05) is 5.39 Å². The molecular weight excluding hydrogens is 366 g/mol. The lowest BCUT2D eigenvalue weighted by molar-refractivity contribution is -0.153. The Morgan fingerprint density at radius 3 is 2.28 bits per heavy atom. The molecule has 0 bridgehead atoms. The molecule has 0 aliphatic carbocycles. The predicted octanol–water partition coefficient (Wildman–Crippen LogP) is 5.25. The molecule has 3 aromatic rings. The van der Waals surface area contributed by atoms with Gasteiger partial charge in [0.2, 0.25) is 0 Å². The van der Waals surface area contributed by atoms with Crippen molar-refractivity contribution in [3.8, 4) is 0 Å². The Balaban J connectivity index is 1.80. The number of furan rings is 1. The first kappa shape index (κ1) is 20.6. The number of fused-ring (bicyclic) bond motifs is 1. The van der Waals surface area contributed by atoms with Crippen LogP contribution in [-0.4, -0.2) is 17.4 Å². The van der Waals surface area contributed by atoms with Gasteiger partial charge in [-0.05, 0) is 30.5 Å². The zero-order valence-corrected chi connectivity index (χ0v) is 16.9. The van der Waals surface area contributed by atoms with E-state index >= 15 is 0 Å². The van der Waals surface area contributed by atoms with Crippen LogP contribution in [0.25, 0.3) is 11.0 Å².